The van der Waals surface area contributed by atoms with Crippen molar-refractivity contribution in [3.05, 3.63) is 321 Å². The van der Waals surface area contributed by atoms with Crippen molar-refractivity contribution in [2.24, 2.45) is 0 Å². The van der Waals surface area contributed by atoms with Crippen molar-refractivity contribution in [2.45, 2.75) is 131 Å². The molecule has 758 valence electrons. The van der Waals surface area contributed by atoms with Crippen LogP contribution in [0.3, 0.4) is 0 Å². The normalized spacial score (nSPS) is 11.4. The molecule has 3 aromatic heterocycles. The number of benzene rings is 7. The third-order valence-electron chi connectivity index (χ3n) is 19.3. The van der Waals surface area contributed by atoms with Gasteiger partial charge in [0.05, 0.1) is 91.8 Å². The Kier molecular flexibility index (Phi) is 49.0. The molecule has 20 N–H and O–H groups in total. The molecule has 0 fully saturated rings. The number of amides is 15. The van der Waals surface area contributed by atoms with Gasteiger partial charge in [-0.1, -0.05) is 185 Å². The van der Waals surface area contributed by atoms with Crippen molar-refractivity contribution in [2.75, 3.05) is 32.7 Å². The number of hydrogen-bond donors (Lipinski definition) is 20. The lowest BCUT2D eigenvalue weighted by atomic mass is 10.0. The summed E-state index contributed by atoms with van der Waals surface area (Å²) in [6.45, 7) is 14.5. The smallest absolute Gasteiger partial charge is 0.328 e. The highest BCUT2D eigenvalue weighted by Crippen LogP contribution is 2.29. The third kappa shape index (κ3) is 41.8. The topological polar surface area (TPSA) is 595 Å². The maximum Gasteiger partial charge on any atom is 0.328 e. The highest BCUT2D eigenvalue weighted by atomic mass is 35.5. The van der Waals surface area contributed by atoms with Gasteiger partial charge in [-0.05, 0) is 166 Å². The lowest BCUT2D eigenvalue weighted by Gasteiger charge is -2.19. The molecule has 10 aromatic rings. The predicted molar refractivity (Wildman–Crippen MR) is 534 cm³/mol. The number of halogens is 6. The Hall–Kier alpha value is -15.6. The molecule has 0 unspecified atom stereocenters. The molecule has 5 atom stereocenters. The first kappa shape index (κ1) is 116. The number of carboxylic acids is 5. The number of aryl methyl sites for hydroxylation is 4. The minimum atomic E-state index is -1.37. The van der Waals surface area contributed by atoms with Crippen molar-refractivity contribution in [1.29, 1.82) is 0 Å². The number of nitrogens with zero attached hydrogens (tertiary/aromatic N) is 3. The molecule has 46 heteroatoms. The van der Waals surface area contributed by atoms with Gasteiger partial charge in [-0.3, -0.25) is 38.9 Å². The molecule has 0 saturated heterocycles. The Bertz CT molecular complexity index is 5450. The largest absolute Gasteiger partial charge is 0.491 e. The summed E-state index contributed by atoms with van der Waals surface area (Å²) in [4.78, 5) is 191. The number of rotatable bonds is 39. The summed E-state index contributed by atoms with van der Waals surface area (Å²) in [6.07, 6.45) is 8.85. The lowest BCUT2D eigenvalue weighted by molar-refractivity contribution is -0.140. The van der Waals surface area contributed by atoms with E-state index in [2.05, 4.69) is 94.7 Å². The number of carboxylic acid groups (broad SMARTS) is 5. The number of pyridine rings is 3. The van der Waals surface area contributed by atoms with Gasteiger partial charge in [0, 0.05) is 81.0 Å². The van der Waals surface area contributed by atoms with Crippen molar-refractivity contribution in [1.82, 2.24) is 94.7 Å². The summed E-state index contributed by atoms with van der Waals surface area (Å²) in [6, 6.07) is 41.3. The van der Waals surface area contributed by atoms with Crippen LogP contribution < -0.4 is 89.2 Å². The number of carbonyl (C=O) groups excluding carboxylic acids is 10. The average molecular weight is 2090 g/mol. The number of aliphatic carboxylic acids is 5. The van der Waals surface area contributed by atoms with E-state index in [1.54, 1.807) is 113 Å². The van der Waals surface area contributed by atoms with Crippen LogP contribution in [0.2, 0.25) is 30.1 Å². The van der Waals surface area contributed by atoms with Gasteiger partial charge in [-0.25, -0.2) is 47.9 Å². The standard InChI is InChI=1S/C23H29N3O5.C22H28N4O5.C18H17Cl2N3O4.2C17H16Cl2N4O4/c1-14(2)31-18-10-15(3)20(16(4)11-18)21(27)26-19(22(28)29)13-25-23(30)24-12-17-8-6-5-7-9-17;1-13(2)31-17-8-14(3)19(15(4)9-17)20(27)26-18(21(28)29)12-25-22(30)24-11-16-6-5-7-23-10-16;19-12-7-4-8-13(20)15(12)16(24)23-14(17(25)26)10-22-18(27)21-9-11-5-2-1-3-6-11;18-11-4-1-5-12(19)14(11)15(24)23-13(16(25)26)9-22-17(27)21-8-10-3-2-6-20-7-10;18-11-7-20-8-12(19)14(11)15(24)23-13(16(25)26)9-22-17(27)21-6-10-4-2-1-3-5-10/h5-11,14,19H,12-13H2,1-4H3,(H,26,27)(H,28,29)(H2,24,25,30);5-10,13,18H,11-12H2,1-4H3,(H,26,27)(H,28,29)(H2,24,25,30);1-8,14H,9-10H2,(H,23,24)(H,25,26)(H2,21,22,27);1-7,13H,8-9H2,(H,23,24)(H,25,26)(H2,21,22,27);1-5,7-8,13H,6,9H2,(H,23,24)(H,25,26)(H2,21,22,27)/t19-;18-;14-;2*13-/m00000/s1. The molecule has 10 rings (SSSR count). The maximum absolute atomic E-state index is 12.7. The number of nitrogens with one attached hydrogen (secondary N) is 15. The first-order chi connectivity index (χ1) is 68.0. The molecule has 3 heterocycles. The number of hydrogen-bond acceptors (Lipinski definition) is 20. The monoisotopic (exact) mass is 2080 g/mol. The van der Waals surface area contributed by atoms with Crippen LogP contribution in [0.5, 0.6) is 11.5 Å². The molecule has 0 aliphatic heterocycles. The van der Waals surface area contributed by atoms with Crippen LogP contribution in [0.15, 0.2) is 213 Å². The van der Waals surface area contributed by atoms with Gasteiger partial charge in [0.1, 0.15) is 41.7 Å². The number of urea groups is 5. The van der Waals surface area contributed by atoms with E-state index in [1.165, 1.54) is 36.7 Å². The molecule has 0 spiro atoms. The zero-order valence-corrected chi connectivity index (χ0v) is 82.6. The molecule has 143 heavy (non-hydrogen) atoms. The van der Waals surface area contributed by atoms with E-state index in [9.17, 15) is 97.5 Å². The fourth-order valence-electron chi connectivity index (χ4n) is 12.4. The van der Waals surface area contributed by atoms with Crippen LogP contribution in [0, 0.1) is 27.7 Å². The van der Waals surface area contributed by atoms with E-state index in [4.69, 9.17) is 79.1 Å². The second-order valence-corrected chi connectivity index (χ2v) is 33.6. The minimum absolute atomic E-state index is 0.00557. The predicted octanol–water partition coefficient (Wildman–Crippen LogP) is 11.8. The molecule has 40 nitrogen and oxygen atoms in total. The molecular weight excluding hydrogens is 1980 g/mol. The second kappa shape index (κ2) is 60.4. The zero-order chi connectivity index (χ0) is 105. The first-order valence-electron chi connectivity index (χ1n) is 43.4. The summed E-state index contributed by atoms with van der Waals surface area (Å²) < 4.78 is 11.3. The van der Waals surface area contributed by atoms with Crippen LogP contribution in [-0.4, -0.2) is 205 Å². The molecular formula is C97H106Cl6N18O22. The molecule has 0 saturated carbocycles. The fourth-order valence-corrected chi connectivity index (χ4v) is 14.1. The Labute approximate surface area is 851 Å². The number of aromatic nitrogens is 3. The van der Waals surface area contributed by atoms with Crippen molar-refractivity contribution in [3.8, 4) is 11.5 Å². The van der Waals surface area contributed by atoms with Gasteiger partial charge in [0.25, 0.3) is 29.5 Å². The maximum atomic E-state index is 12.7. The Morgan fingerprint density at radius 2 is 0.483 bits per heavy atom. The van der Waals surface area contributed by atoms with Gasteiger partial charge in [0.15, 0.2) is 0 Å². The summed E-state index contributed by atoms with van der Waals surface area (Å²) in [5, 5.41) is 84.0. The van der Waals surface area contributed by atoms with Crippen LogP contribution in [0.4, 0.5) is 24.0 Å². The molecule has 0 radical (unpaired) electrons. The summed E-state index contributed by atoms with van der Waals surface area (Å²) in [5.41, 5.74) is 7.57. The number of ether oxygens (including phenoxy) is 2. The minimum Gasteiger partial charge on any atom is -0.491 e. The number of carbonyl (C=O) groups is 15. The highest BCUT2D eigenvalue weighted by molar-refractivity contribution is 6.41. The van der Waals surface area contributed by atoms with Crippen LogP contribution >= 0.6 is 69.6 Å². The van der Waals surface area contributed by atoms with Gasteiger partial charge in [-0.15, -0.1) is 0 Å². The fraction of sp³-hybridized carbons (Fsp3) is 0.258. The second-order valence-electron chi connectivity index (χ2n) is 31.2. The Morgan fingerprint density at radius 3 is 0.699 bits per heavy atom. The van der Waals surface area contributed by atoms with Gasteiger partial charge < -0.3 is 115 Å². The van der Waals surface area contributed by atoms with Gasteiger partial charge in [0.2, 0.25) is 0 Å². The van der Waals surface area contributed by atoms with E-state index in [1.807, 2.05) is 119 Å². The van der Waals surface area contributed by atoms with E-state index in [-0.39, 0.29) is 118 Å². The zero-order valence-electron chi connectivity index (χ0n) is 78.1. The van der Waals surface area contributed by atoms with E-state index in [0.717, 1.165) is 27.8 Å². The van der Waals surface area contributed by atoms with E-state index in [0.29, 0.717) is 51.4 Å². The van der Waals surface area contributed by atoms with E-state index >= 15 is 0 Å². The Balaban J connectivity index is 0.000000274. The average Bonchev–Trinajstić information content (AvgIpc) is 0.812. The highest BCUT2D eigenvalue weighted by Gasteiger charge is 2.31. The van der Waals surface area contributed by atoms with Crippen molar-refractivity contribution in [3.63, 3.8) is 0 Å². The summed E-state index contributed by atoms with van der Waals surface area (Å²) >= 11 is 35.5. The molecule has 0 bridgehead atoms. The molecule has 0 aliphatic rings. The van der Waals surface area contributed by atoms with Crippen molar-refractivity contribution >= 4 is 159 Å². The third-order valence-corrected chi connectivity index (χ3v) is 21.1. The summed E-state index contributed by atoms with van der Waals surface area (Å²) in [5.74, 6) is -8.51. The molecule has 15 amide bonds. The van der Waals surface area contributed by atoms with Crippen molar-refractivity contribution < 1.29 is 107 Å². The Morgan fingerprint density at radius 1 is 0.266 bits per heavy atom. The summed E-state index contributed by atoms with van der Waals surface area (Å²) in [7, 11) is 0. The first-order valence-corrected chi connectivity index (χ1v) is 45.6. The van der Waals surface area contributed by atoms with Crippen LogP contribution in [0.1, 0.15) is 130 Å². The van der Waals surface area contributed by atoms with E-state index < -0.39 is 120 Å². The SMILES string of the molecule is Cc1cc(OC(C)C)cc(C)c1C(=O)N[C@@H](CNC(=O)NCc1ccccc1)C(=O)O.Cc1cc(OC(C)C)cc(C)c1C(=O)N[C@@H](CNC(=O)NCc1cccnc1)C(=O)O.O=C(NCc1ccccc1)NC[C@H](NC(=O)c1c(Cl)cccc1Cl)C(=O)O.O=C(NCc1ccccc1)NC[C@H](NC(=O)c1c(Cl)cncc1Cl)C(=O)O.O=C(NCc1cccnc1)NC[C@H](NC(=O)c1c(Cl)cccc1Cl)C(=O)O. The van der Waals surface area contributed by atoms with Gasteiger partial charge >= 0.3 is 60.0 Å². The lowest BCUT2D eigenvalue weighted by Crippen LogP contribution is -2.50. The molecule has 7 aromatic carbocycles. The van der Waals surface area contributed by atoms with Crippen LogP contribution in [-0.2, 0) is 56.7 Å². The molecule has 0 aliphatic carbocycles. The van der Waals surface area contributed by atoms with Gasteiger partial charge in [-0.2, -0.15) is 0 Å². The van der Waals surface area contributed by atoms with Crippen LogP contribution in [0.25, 0.3) is 0 Å². The quantitative estimate of drug-likeness (QED) is 0.0170.